The molecule has 6 heteroatoms. The molecule has 0 radical (unpaired) electrons. The highest BCUT2D eigenvalue weighted by Crippen LogP contribution is 2.26. The second kappa shape index (κ2) is 3.70. The Bertz CT molecular complexity index is 425. The van der Waals surface area contributed by atoms with Gasteiger partial charge in [0.2, 0.25) is 5.82 Å². The molecule has 5 nitrogen and oxygen atoms in total. The molecule has 1 rings (SSSR count). The predicted octanol–water partition coefficient (Wildman–Crippen LogP) is 1.61. The van der Waals surface area contributed by atoms with Crippen molar-refractivity contribution in [2.24, 2.45) is 0 Å². The molecule has 14 heavy (non-hydrogen) atoms. The molecule has 0 saturated carbocycles. The van der Waals surface area contributed by atoms with Gasteiger partial charge in [-0.3, -0.25) is 10.1 Å². The van der Waals surface area contributed by atoms with E-state index in [9.17, 15) is 14.5 Å². The van der Waals surface area contributed by atoms with Crippen molar-refractivity contribution in [3.05, 3.63) is 33.6 Å². The molecule has 1 aromatic rings. The van der Waals surface area contributed by atoms with E-state index in [0.717, 1.165) is 12.1 Å². The number of benzene rings is 1. The lowest BCUT2D eigenvalue weighted by atomic mass is 10.2. The molecular formula is C8H5FN2O3. The van der Waals surface area contributed by atoms with Gasteiger partial charge in [0.1, 0.15) is 11.8 Å². The number of hydrogen-bond acceptors (Lipinski definition) is 4. The van der Waals surface area contributed by atoms with Crippen molar-refractivity contribution in [3.63, 3.8) is 0 Å². The summed E-state index contributed by atoms with van der Waals surface area (Å²) in [5, 5.41) is 18.9. The number of halogens is 1. The van der Waals surface area contributed by atoms with Crippen LogP contribution in [0.2, 0.25) is 0 Å². The molecule has 0 unspecified atom stereocenters. The Kier molecular flexibility index (Phi) is 2.62. The largest absolute Gasteiger partial charge is 0.495 e. The third-order valence-electron chi connectivity index (χ3n) is 1.59. The molecule has 0 aliphatic rings. The smallest absolute Gasteiger partial charge is 0.308 e. The first-order valence-electron chi connectivity index (χ1n) is 3.52. The predicted molar refractivity (Wildman–Crippen MR) is 44.3 cm³/mol. The second-order valence-electron chi connectivity index (χ2n) is 2.37. The first kappa shape index (κ1) is 9.92. The zero-order valence-electron chi connectivity index (χ0n) is 7.15. The fraction of sp³-hybridized carbons (Fsp3) is 0.125. The van der Waals surface area contributed by atoms with Crippen LogP contribution in [0.15, 0.2) is 12.1 Å². The Balaban J connectivity index is 3.39. The summed E-state index contributed by atoms with van der Waals surface area (Å²) in [6.45, 7) is 0. The topological polar surface area (TPSA) is 76.2 Å². The van der Waals surface area contributed by atoms with Gasteiger partial charge in [-0.15, -0.1) is 0 Å². The highest BCUT2D eigenvalue weighted by atomic mass is 19.1. The Labute approximate surface area is 78.5 Å². The average molecular weight is 196 g/mol. The second-order valence-corrected chi connectivity index (χ2v) is 2.37. The molecule has 0 N–H and O–H groups in total. The van der Waals surface area contributed by atoms with Crippen molar-refractivity contribution in [1.29, 1.82) is 5.26 Å². The van der Waals surface area contributed by atoms with Gasteiger partial charge in [-0.25, -0.2) is 0 Å². The minimum absolute atomic E-state index is 0.0133. The first-order valence-corrected chi connectivity index (χ1v) is 3.52. The van der Waals surface area contributed by atoms with E-state index in [4.69, 9.17) is 5.26 Å². The molecule has 0 fully saturated rings. The maximum atomic E-state index is 13.0. The standard InChI is InChI=1S/C8H5FN2O3/c1-14-8-3-7(11(12)13)6(9)2-5(8)4-10/h2-3H,1H3. The lowest BCUT2D eigenvalue weighted by Crippen LogP contribution is -1.96. The van der Waals surface area contributed by atoms with Gasteiger partial charge in [0, 0.05) is 6.07 Å². The number of nitrogens with zero attached hydrogens (tertiary/aromatic N) is 2. The van der Waals surface area contributed by atoms with Crippen LogP contribution in [0.4, 0.5) is 10.1 Å². The lowest BCUT2D eigenvalue weighted by molar-refractivity contribution is -0.387. The zero-order chi connectivity index (χ0) is 10.7. The van der Waals surface area contributed by atoms with Crippen LogP contribution in [-0.4, -0.2) is 12.0 Å². The summed E-state index contributed by atoms with van der Waals surface area (Å²) in [6.07, 6.45) is 0. The van der Waals surface area contributed by atoms with Gasteiger partial charge in [0.25, 0.3) is 0 Å². The van der Waals surface area contributed by atoms with E-state index in [0.29, 0.717) is 0 Å². The highest BCUT2D eigenvalue weighted by Gasteiger charge is 2.18. The van der Waals surface area contributed by atoms with Crippen LogP contribution in [0.1, 0.15) is 5.56 Å². The van der Waals surface area contributed by atoms with Crippen LogP contribution in [0.5, 0.6) is 5.75 Å². The van der Waals surface area contributed by atoms with Gasteiger partial charge >= 0.3 is 5.69 Å². The number of rotatable bonds is 2. The molecule has 1 aromatic carbocycles. The molecule has 0 amide bonds. The van der Waals surface area contributed by atoms with E-state index in [1.165, 1.54) is 7.11 Å². The van der Waals surface area contributed by atoms with E-state index in [-0.39, 0.29) is 11.3 Å². The summed E-state index contributed by atoms with van der Waals surface area (Å²) in [6, 6.07) is 3.32. The summed E-state index contributed by atoms with van der Waals surface area (Å²) in [7, 11) is 1.25. The molecule has 72 valence electrons. The number of methoxy groups -OCH3 is 1. The number of nitriles is 1. The van der Waals surface area contributed by atoms with Crippen molar-refractivity contribution >= 4 is 5.69 Å². The highest BCUT2D eigenvalue weighted by molar-refractivity contribution is 5.50. The van der Waals surface area contributed by atoms with E-state index < -0.39 is 16.4 Å². The maximum absolute atomic E-state index is 13.0. The Hall–Kier alpha value is -2.16. The van der Waals surface area contributed by atoms with Crippen LogP contribution in [0.3, 0.4) is 0 Å². The van der Waals surface area contributed by atoms with Crippen molar-refractivity contribution in [1.82, 2.24) is 0 Å². The number of ether oxygens (including phenoxy) is 1. The zero-order valence-corrected chi connectivity index (χ0v) is 7.15. The quantitative estimate of drug-likeness (QED) is 0.531. The van der Waals surface area contributed by atoms with Gasteiger partial charge < -0.3 is 4.74 Å². The molecular weight excluding hydrogens is 191 g/mol. The monoisotopic (exact) mass is 196 g/mol. The minimum Gasteiger partial charge on any atom is -0.495 e. The summed E-state index contributed by atoms with van der Waals surface area (Å²) >= 11 is 0. The minimum atomic E-state index is -1.05. The number of hydrogen-bond donors (Lipinski definition) is 0. The van der Waals surface area contributed by atoms with Crippen molar-refractivity contribution in [2.45, 2.75) is 0 Å². The Morgan fingerprint density at radius 1 is 1.64 bits per heavy atom. The Morgan fingerprint density at radius 2 is 2.29 bits per heavy atom. The summed E-state index contributed by atoms with van der Waals surface area (Å²) < 4.78 is 17.6. The molecule has 0 aliphatic carbocycles. The van der Waals surface area contributed by atoms with Gasteiger partial charge in [-0.05, 0) is 0 Å². The van der Waals surface area contributed by atoms with Crippen LogP contribution >= 0.6 is 0 Å². The fourth-order valence-corrected chi connectivity index (χ4v) is 0.939. The molecule has 0 spiro atoms. The number of nitro benzene ring substituents is 1. The van der Waals surface area contributed by atoms with E-state index in [2.05, 4.69) is 4.74 Å². The summed E-state index contributed by atoms with van der Waals surface area (Å²) in [5.74, 6) is -1.06. The molecule has 0 aromatic heterocycles. The first-order chi connectivity index (χ1) is 6.60. The van der Waals surface area contributed by atoms with Gasteiger partial charge in [-0.2, -0.15) is 9.65 Å². The SMILES string of the molecule is COc1cc([N+](=O)[O-])c(F)cc1C#N. The third-order valence-corrected chi connectivity index (χ3v) is 1.59. The van der Waals surface area contributed by atoms with Crippen molar-refractivity contribution in [2.75, 3.05) is 7.11 Å². The van der Waals surface area contributed by atoms with Crippen LogP contribution < -0.4 is 4.74 Å². The van der Waals surface area contributed by atoms with Crippen molar-refractivity contribution in [3.8, 4) is 11.8 Å². The van der Waals surface area contributed by atoms with Gasteiger partial charge in [-0.1, -0.05) is 0 Å². The fourth-order valence-electron chi connectivity index (χ4n) is 0.939. The maximum Gasteiger partial charge on any atom is 0.308 e. The van der Waals surface area contributed by atoms with E-state index >= 15 is 0 Å². The summed E-state index contributed by atoms with van der Waals surface area (Å²) in [4.78, 5) is 9.44. The molecule has 0 bridgehead atoms. The van der Waals surface area contributed by atoms with Crippen LogP contribution in [0.25, 0.3) is 0 Å². The molecule has 0 heterocycles. The van der Waals surface area contributed by atoms with E-state index in [1.54, 1.807) is 6.07 Å². The molecule has 0 saturated heterocycles. The Morgan fingerprint density at radius 3 is 2.71 bits per heavy atom. The van der Waals surface area contributed by atoms with Crippen LogP contribution in [-0.2, 0) is 0 Å². The van der Waals surface area contributed by atoms with Gasteiger partial charge in [0.15, 0.2) is 0 Å². The number of nitro groups is 1. The normalized spacial score (nSPS) is 9.21. The van der Waals surface area contributed by atoms with Gasteiger partial charge in [0.05, 0.1) is 23.7 Å². The third kappa shape index (κ3) is 1.61. The molecule has 0 aliphatic heterocycles. The average Bonchev–Trinajstić information content (AvgIpc) is 2.16. The van der Waals surface area contributed by atoms with Crippen LogP contribution in [0, 0.1) is 27.3 Å². The molecule has 0 atom stereocenters. The van der Waals surface area contributed by atoms with E-state index in [1.807, 2.05) is 0 Å². The van der Waals surface area contributed by atoms with Crippen molar-refractivity contribution < 1.29 is 14.1 Å². The summed E-state index contributed by atoms with van der Waals surface area (Å²) in [5.41, 5.74) is -0.781. The lowest BCUT2D eigenvalue weighted by Gasteiger charge is -2.02.